The fraction of sp³-hybridized carbons (Fsp3) is 0.480. The Hall–Kier alpha value is -2.85. The van der Waals surface area contributed by atoms with Crippen molar-refractivity contribution in [3.05, 3.63) is 64.2 Å². The van der Waals surface area contributed by atoms with Crippen LogP contribution in [0.15, 0.2) is 30.7 Å². The molecule has 2 heterocycles. The van der Waals surface area contributed by atoms with E-state index in [2.05, 4.69) is 15.4 Å². The van der Waals surface area contributed by atoms with Gasteiger partial charge in [0, 0.05) is 37.0 Å². The third kappa shape index (κ3) is 4.30. The predicted octanol–water partition coefficient (Wildman–Crippen LogP) is 5.41. The van der Waals surface area contributed by atoms with E-state index in [4.69, 9.17) is 11.6 Å². The number of fused-ring (bicyclic) bond motifs is 1. The Morgan fingerprint density at radius 1 is 1.31 bits per heavy atom. The fourth-order valence-corrected chi connectivity index (χ4v) is 6.19. The molecule has 1 aromatic carbocycles. The number of hydrogen-bond acceptors (Lipinski definition) is 4. The van der Waals surface area contributed by atoms with E-state index in [9.17, 15) is 23.1 Å². The van der Waals surface area contributed by atoms with Crippen molar-refractivity contribution in [3.8, 4) is 0 Å². The first kappa shape index (κ1) is 24.8. The molecule has 0 radical (unpaired) electrons. The predicted molar refractivity (Wildman–Crippen MR) is 128 cm³/mol. The maximum Gasteiger partial charge on any atom is 0.282 e. The second-order valence-corrected chi connectivity index (χ2v) is 10.3. The number of halogens is 4. The quantitative estimate of drug-likeness (QED) is 0.454. The molecule has 2 N–H and O–H groups in total. The molecule has 36 heavy (non-hydrogen) atoms. The molecule has 0 spiro atoms. The Bertz CT molecular complexity index is 1290. The molecule has 2 aliphatic carbocycles. The second-order valence-electron chi connectivity index (χ2n) is 9.89. The van der Waals surface area contributed by atoms with Gasteiger partial charge in [0.05, 0.1) is 22.6 Å². The van der Waals surface area contributed by atoms with Crippen LogP contribution in [-0.2, 0) is 19.2 Å². The summed E-state index contributed by atoms with van der Waals surface area (Å²) >= 11 is 5.84. The maximum atomic E-state index is 13.6. The minimum atomic E-state index is -2.75. The summed E-state index contributed by atoms with van der Waals surface area (Å²) < 4.78 is 43.8. The molecule has 2 saturated carbocycles. The molecular weight excluding hydrogens is 495 g/mol. The van der Waals surface area contributed by atoms with Crippen LogP contribution in [-0.4, -0.2) is 30.3 Å². The number of anilines is 1. The number of alkyl halides is 2. The highest BCUT2D eigenvalue weighted by molar-refractivity contribution is 6.31. The smallest absolute Gasteiger partial charge is 0.282 e. The number of rotatable bonds is 6. The molecule has 2 atom stereocenters. The Balaban J connectivity index is 1.33. The highest BCUT2D eigenvalue weighted by Crippen LogP contribution is 2.57. The highest BCUT2D eigenvalue weighted by Gasteiger charge is 2.52. The number of amides is 1. The molecule has 0 aliphatic heterocycles. The number of nitrogens with one attached hydrogen (secondary N) is 1. The number of carbonyl (C=O) groups is 1. The molecule has 2 aromatic heterocycles. The van der Waals surface area contributed by atoms with Crippen LogP contribution < -0.4 is 5.32 Å². The first-order chi connectivity index (χ1) is 17.1. The lowest BCUT2D eigenvalue weighted by atomic mass is 9.87. The Labute approximate surface area is 211 Å². The molecule has 0 bridgehead atoms. The van der Waals surface area contributed by atoms with Gasteiger partial charge in [-0.05, 0) is 62.6 Å². The van der Waals surface area contributed by atoms with Gasteiger partial charge in [-0.25, -0.2) is 18.2 Å². The van der Waals surface area contributed by atoms with Crippen LogP contribution in [0.25, 0.3) is 0 Å². The Kier molecular flexibility index (Phi) is 6.36. The van der Waals surface area contributed by atoms with Gasteiger partial charge in [-0.2, -0.15) is 5.10 Å². The summed E-state index contributed by atoms with van der Waals surface area (Å²) in [5, 5.41) is 18.0. The summed E-state index contributed by atoms with van der Waals surface area (Å²) in [6.07, 6.45) is 2.49. The van der Waals surface area contributed by atoms with Crippen molar-refractivity contribution in [3.63, 3.8) is 0 Å². The van der Waals surface area contributed by atoms with Crippen LogP contribution in [0.5, 0.6) is 0 Å². The van der Waals surface area contributed by atoms with E-state index in [0.717, 1.165) is 0 Å². The zero-order valence-electron chi connectivity index (χ0n) is 19.9. The summed E-state index contributed by atoms with van der Waals surface area (Å²) in [5.41, 5.74) is -0.0323. The van der Waals surface area contributed by atoms with E-state index in [-0.39, 0.29) is 39.9 Å². The number of nitrogens with zero attached hydrogens (tertiary/aromatic N) is 4. The van der Waals surface area contributed by atoms with E-state index < -0.39 is 17.8 Å². The number of aryl methyl sites for hydroxylation is 2. The average molecular weight is 522 g/mol. The summed E-state index contributed by atoms with van der Waals surface area (Å²) in [4.78, 5) is 17.6. The molecule has 5 rings (SSSR count). The van der Waals surface area contributed by atoms with E-state index in [1.165, 1.54) is 22.9 Å². The lowest BCUT2D eigenvalue weighted by molar-refractivity contribution is 0.0290. The van der Waals surface area contributed by atoms with Gasteiger partial charge in [0.1, 0.15) is 17.2 Å². The number of hydrogen-bond donors (Lipinski definition) is 2. The van der Waals surface area contributed by atoms with Crippen molar-refractivity contribution < 1.29 is 23.1 Å². The van der Waals surface area contributed by atoms with E-state index >= 15 is 0 Å². The SMILES string of the molecule is CCn1cc(C2(O)CC3CC(c4ncn(C)c4C(=O)Nc4ccc(F)c(Cl)c4)CC3C2)c(C(F)F)n1. The zero-order valence-corrected chi connectivity index (χ0v) is 20.6. The van der Waals surface area contributed by atoms with Crippen LogP contribution in [0.1, 0.15) is 72.4 Å². The van der Waals surface area contributed by atoms with Crippen molar-refractivity contribution in [2.24, 2.45) is 18.9 Å². The number of aromatic nitrogens is 4. The molecule has 7 nitrogen and oxygen atoms in total. The molecule has 0 saturated heterocycles. The number of aliphatic hydroxyl groups is 1. The molecule has 3 aromatic rings. The molecular formula is C25H27ClF3N5O2. The number of carbonyl (C=O) groups excluding carboxylic acids is 1. The Morgan fingerprint density at radius 3 is 2.61 bits per heavy atom. The average Bonchev–Trinajstić information content (AvgIpc) is 3.57. The van der Waals surface area contributed by atoms with Gasteiger partial charge in [-0.1, -0.05) is 11.6 Å². The summed E-state index contributed by atoms with van der Waals surface area (Å²) in [6.45, 7) is 2.26. The monoisotopic (exact) mass is 521 g/mol. The van der Waals surface area contributed by atoms with Gasteiger partial charge in [-0.3, -0.25) is 9.48 Å². The first-order valence-electron chi connectivity index (χ1n) is 12.0. The van der Waals surface area contributed by atoms with Crippen LogP contribution in [0.3, 0.4) is 0 Å². The van der Waals surface area contributed by atoms with Crippen LogP contribution in [0, 0.1) is 17.7 Å². The van der Waals surface area contributed by atoms with Crippen molar-refractivity contribution in [1.82, 2.24) is 19.3 Å². The van der Waals surface area contributed by atoms with Gasteiger partial charge in [0.25, 0.3) is 12.3 Å². The topological polar surface area (TPSA) is 85.0 Å². The van der Waals surface area contributed by atoms with Crippen molar-refractivity contribution >= 4 is 23.2 Å². The second kappa shape index (κ2) is 9.23. The Morgan fingerprint density at radius 2 is 2.00 bits per heavy atom. The molecule has 11 heteroatoms. The summed E-state index contributed by atoms with van der Waals surface area (Å²) in [7, 11) is 1.73. The molecule has 2 unspecified atom stereocenters. The first-order valence-corrected chi connectivity index (χ1v) is 12.3. The van der Waals surface area contributed by atoms with E-state index in [0.29, 0.717) is 49.3 Å². The molecule has 1 amide bonds. The van der Waals surface area contributed by atoms with Crippen LogP contribution >= 0.6 is 11.6 Å². The molecule has 192 valence electrons. The maximum absolute atomic E-state index is 13.6. The zero-order chi connectivity index (χ0) is 25.8. The van der Waals surface area contributed by atoms with E-state index in [1.807, 2.05) is 6.92 Å². The summed E-state index contributed by atoms with van der Waals surface area (Å²) in [6, 6.07) is 3.97. The standard InChI is InChI=1S/C25H27ClF3N5O2/c1-3-34-11-17(21(32-34)23(28)29)25(36)9-14-6-13(7-15(14)10-25)20-22(33(2)12-30-20)24(35)31-16-4-5-19(27)18(26)8-16/h4-5,8,11-15,23,36H,3,6-7,9-10H2,1-2H3,(H,31,35). The fourth-order valence-electron chi connectivity index (χ4n) is 6.01. The van der Waals surface area contributed by atoms with Gasteiger partial charge < -0.3 is 15.0 Å². The van der Waals surface area contributed by atoms with Gasteiger partial charge in [0.2, 0.25) is 0 Å². The van der Waals surface area contributed by atoms with E-state index in [1.54, 1.807) is 24.1 Å². The molecule has 2 aliphatic rings. The van der Waals surface area contributed by atoms with Crippen molar-refractivity contribution in [2.75, 3.05) is 5.32 Å². The normalized spacial score (nSPS) is 25.5. The molecule has 2 fully saturated rings. The lowest BCUT2D eigenvalue weighted by Gasteiger charge is -2.25. The minimum Gasteiger partial charge on any atom is -0.385 e. The van der Waals surface area contributed by atoms with Gasteiger partial charge in [0.15, 0.2) is 0 Å². The van der Waals surface area contributed by atoms with Crippen LogP contribution in [0.2, 0.25) is 5.02 Å². The third-order valence-electron chi connectivity index (χ3n) is 7.61. The minimum absolute atomic E-state index is 0.00348. The van der Waals surface area contributed by atoms with Crippen LogP contribution in [0.4, 0.5) is 18.9 Å². The van der Waals surface area contributed by atoms with Crippen molar-refractivity contribution in [2.45, 2.75) is 57.1 Å². The summed E-state index contributed by atoms with van der Waals surface area (Å²) in [5.74, 6) is -0.726. The van der Waals surface area contributed by atoms with Gasteiger partial charge in [-0.15, -0.1) is 0 Å². The third-order valence-corrected chi connectivity index (χ3v) is 7.90. The number of imidazole rings is 1. The lowest BCUT2D eigenvalue weighted by Crippen LogP contribution is -2.24. The van der Waals surface area contributed by atoms with Gasteiger partial charge >= 0.3 is 0 Å². The largest absolute Gasteiger partial charge is 0.385 e. The van der Waals surface area contributed by atoms with Crippen molar-refractivity contribution in [1.29, 1.82) is 0 Å². The number of benzene rings is 1. The highest BCUT2D eigenvalue weighted by atomic mass is 35.5.